The summed E-state index contributed by atoms with van der Waals surface area (Å²) >= 11 is 12.2. The van der Waals surface area contributed by atoms with E-state index in [1.807, 2.05) is 12.1 Å². The average Bonchev–Trinajstić information content (AvgIpc) is 3.02. The van der Waals surface area contributed by atoms with E-state index in [1.54, 1.807) is 44.4 Å². The van der Waals surface area contributed by atoms with E-state index in [4.69, 9.17) is 37.4 Å². The van der Waals surface area contributed by atoms with Gasteiger partial charge in [0.2, 0.25) is 15.9 Å². The van der Waals surface area contributed by atoms with Crippen molar-refractivity contribution < 1.29 is 32.2 Å². The summed E-state index contributed by atoms with van der Waals surface area (Å²) < 4.78 is 43.3. The molecule has 1 fully saturated rings. The second-order valence-corrected chi connectivity index (χ2v) is 12.6. The molecule has 0 radical (unpaired) electrons. The van der Waals surface area contributed by atoms with Gasteiger partial charge in [0.25, 0.3) is 5.91 Å². The van der Waals surface area contributed by atoms with Crippen LogP contribution in [0.4, 0.5) is 0 Å². The number of hydrogen-bond donors (Lipinski definition) is 1. The molecule has 0 aromatic heterocycles. The molecule has 0 spiro atoms. The highest BCUT2D eigenvalue weighted by Gasteiger charge is 2.28. The highest BCUT2D eigenvalue weighted by molar-refractivity contribution is 7.89. The Hall–Kier alpha value is -3.35. The Balaban J connectivity index is 1.44. The molecular weight excluding hydrogens is 617 g/mol. The molecule has 13 heteroatoms. The number of halogens is 2. The minimum absolute atomic E-state index is 0.125. The van der Waals surface area contributed by atoms with Gasteiger partial charge in [0, 0.05) is 36.2 Å². The van der Waals surface area contributed by atoms with Crippen LogP contribution in [-0.4, -0.2) is 75.5 Å². The number of nitrogens with zero attached hydrogens (tertiary/aromatic N) is 2. The highest BCUT2D eigenvalue weighted by Crippen LogP contribution is 2.22. The monoisotopic (exact) mass is 649 g/mol. The topological polar surface area (TPSA) is 114 Å². The smallest absolute Gasteiger partial charge is 0.261 e. The summed E-state index contributed by atoms with van der Waals surface area (Å²) in [6.07, 6.45) is 0. The summed E-state index contributed by atoms with van der Waals surface area (Å²) in [6, 6.07) is 17.2. The number of carbonyl (C=O) groups is 2. The first kappa shape index (κ1) is 32.6. The van der Waals surface area contributed by atoms with E-state index in [1.165, 1.54) is 33.5 Å². The molecule has 1 aliphatic rings. The number of ether oxygens (including phenoxy) is 3. The van der Waals surface area contributed by atoms with Crippen LogP contribution in [0.1, 0.15) is 18.1 Å². The van der Waals surface area contributed by atoms with Crippen molar-refractivity contribution in [2.24, 2.45) is 0 Å². The molecule has 0 bridgehead atoms. The maximum absolute atomic E-state index is 13.4. The number of rotatable bonds is 12. The van der Waals surface area contributed by atoms with Crippen molar-refractivity contribution in [2.75, 3.05) is 40.0 Å². The number of carbonyl (C=O) groups excluding carboxylic acids is 2. The van der Waals surface area contributed by atoms with Crippen LogP contribution in [0, 0.1) is 0 Å². The van der Waals surface area contributed by atoms with Crippen LogP contribution in [0.2, 0.25) is 10.0 Å². The van der Waals surface area contributed by atoms with Crippen LogP contribution >= 0.6 is 23.2 Å². The zero-order chi connectivity index (χ0) is 31.0. The van der Waals surface area contributed by atoms with Gasteiger partial charge in [-0.05, 0) is 66.6 Å². The van der Waals surface area contributed by atoms with E-state index < -0.39 is 22.0 Å². The molecule has 4 rings (SSSR count). The summed E-state index contributed by atoms with van der Waals surface area (Å²) in [6.45, 7) is 2.83. The quantitative estimate of drug-likeness (QED) is 0.314. The molecule has 1 N–H and O–H groups in total. The zero-order valence-corrected chi connectivity index (χ0v) is 26.1. The largest absolute Gasteiger partial charge is 0.497 e. The number of hydrogen-bond acceptors (Lipinski definition) is 7. The second kappa shape index (κ2) is 14.9. The Bertz CT molecular complexity index is 1510. The molecule has 230 valence electrons. The number of amides is 2. The van der Waals surface area contributed by atoms with Gasteiger partial charge >= 0.3 is 0 Å². The van der Waals surface area contributed by atoms with Crippen LogP contribution in [0.3, 0.4) is 0 Å². The maximum atomic E-state index is 13.4. The van der Waals surface area contributed by atoms with Crippen LogP contribution in [-0.2, 0) is 37.4 Å². The standard InChI is InChI=1S/C30H33Cl2N3O7S/c1-21(30(37)33-18-23-5-6-24(31)17-28(23)32)35(19-22-3-7-25(40-2)8-4-22)29(36)20-42-26-9-11-27(12-10-26)43(38,39)34-13-15-41-16-14-34/h3-12,17,21H,13-16,18-20H2,1-2H3,(H,33,37)/t21-/m1/s1. The van der Waals surface area contributed by atoms with Crippen LogP contribution in [0.5, 0.6) is 11.5 Å². The second-order valence-electron chi connectivity index (χ2n) is 9.78. The summed E-state index contributed by atoms with van der Waals surface area (Å²) in [7, 11) is -2.10. The third-order valence-corrected chi connectivity index (χ3v) is 9.44. The lowest BCUT2D eigenvalue weighted by Crippen LogP contribution is -2.48. The van der Waals surface area contributed by atoms with E-state index in [0.29, 0.717) is 40.3 Å². The fraction of sp³-hybridized carbons (Fsp3) is 0.333. The predicted molar refractivity (Wildman–Crippen MR) is 163 cm³/mol. The van der Waals surface area contributed by atoms with E-state index in [0.717, 1.165) is 5.56 Å². The molecule has 1 saturated heterocycles. The summed E-state index contributed by atoms with van der Waals surface area (Å²) in [5.41, 5.74) is 1.47. The predicted octanol–water partition coefficient (Wildman–Crippen LogP) is 4.14. The van der Waals surface area contributed by atoms with Crippen molar-refractivity contribution in [2.45, 2.75) is 31.0 Å². The highest BCUT2D eigenvalue weighted by atomic mass is 35.5. The van der Waals surface area contributed by atoms with Crippen molar-refractivity contribution >= 4 is 45.0 Å². The van der Waals surface area contributed by atoms with Crippen molar-refractivity contribution in [1.82, 2.24) is 14.5 Å². The third kappa shape index (κ3) is 8.61. The van der Waals surface area contributed by atoms with Crippen molar-refractivity contribution in [3.8, 4) is 11.5 Å². The molecule has 1 atom stereocenters. The normalized spacial score (nSPS) is 14.5. The first-order valence-corrected chi connectivity index (χ1v) is 15.7. The molecule has 43 heavy (non-hydrogen) atoms. The van der Waals surface area contributed by atoms with Crippen molar-refractivity contribution in [1.29, 1.82) is 0 Å². The number of methoxy groups -OCH3 is 1. The van der Waals surface area contributed by atoms with Crippen molar-refractivity contribution in [3.05, 3.63) is 87.9 Å². The van der Waals surface area contributed by atoms with Gasteiger partial charge < -0.3 is 24.4 Å². The van der Waals surface area contributed by atoms with E-state index in [9.17, 15) is 18.0 Å². The number of benzene rings is 3. The number of morpholine rings is 1. The molecule has 1 heterocycles. The van der Waals surface area contributed by atoms with Crippen LogP contribution in [0.15, 0.2) is 71.6 Å². The van der Waals surface area contributed by atoms with Gasteiger partial charge in [0.15, 0.2) is 6.61 Å². The third-order valence-electron chi connectivity index (χ3n) is 6.94. The van der Waals surface area contributed by atoms with E-state index >= 15 is 0 Å². The fourth-order valence-corrected chi connectivity index (χ4v) is 6.26. The van der Waals surface area contributed by atoms with Gasteiger partial charge in [-0.15, -0.1) is 0 Å². The Morgan fingerprint density at radius 1 is 1.00 bits per heavy atom. The Morgan fingerprint density at radius 3 is 2.28 bits per heavy atom. The van der Waals surface area contributed by atoms with Gasteiger partial charge in [0.1, 0.15) is 17.5 Å². The van der Waals surface area contributed by atoms with Gasteiger partial charge in [-0.25, -0.2) is 8.42 Å². The molecule has 3 aromatic rings. The Morgan fingerprint density at radius 2 is 1.65 bits per heavy atom. The fourth-order valence-electron chi connectivity index (χ4n) is 4.38. The lowest BCUT2D eigenvalue weighted by Gasteiger charge is -2.29. The lowest BCUT2D eigenvalue weighted by atomic mass is 10.1. The summed E-state index contributed by atoms with van der Waals surface area (Å²) in [5.74, 6) is 0.154. The SMILES string of the molecule is COc1ccc(CN(C(=O)COc2ccc(S(=O)(=O)N3CCOCC3)cc2)[C@H](C)C(=O)NCc2ccc(Cl)cc2Cl)cc1. The maximum Gasteiger partial charge on any atom is 0.261 e. The molecule has 0 saturated carbocycles. The first-order valence-electron chi connectivity index (χ1n) is 13.5. The van der Waals surface area contributed by atoms with E-state index in [2.05, 4.69) is 5.32 Å². The summed E-state index contributed by atoms with van der Waals surface area (Å²) in [4.78, 5) is 28.1. The van der Waals surface area contributed by atoms with Crippen molar-refractivity contribution in [3.63, 3.8) is 0 Å². The average molecular weight is 651 g/mol. The van der Waals surface area contributed by atoms with Gasteiger partial charge in [-0.3, -0.25) is 9.59 Å². The number of nitrogens with one attached hydrogen (secondary N) is 1. The molecular formula is C30H33Cl2N3O7S. The summed E-state index contributed by atoms with van der Waals surface area (Å²) in [5, 5.41) is 3.73. The minimum atomic E-state index is -3.66. The Kier molecular flexibility index (Phi) is 11.3. The number of sulfonamides is 1. The Labute approximate surface area is 261 Å². The molecule has 2 amide bonds. The first-order chi connectivity index (χ1) is 20.6. The molecule has 0 unspecified atom stereocenters. The van der Waals surface area contributed by atoms with Gasteiger partial charge in [-0.1, -0.05) is 41.4 Å². The van der Waals surface area contributed by atoms with Gasteiger partial charge in [-0.2, -0.15) is 4.31 Å². The van der Waals surface area contributed by atoms with Crippen LogP contribution < -0.4 is 14.8 Å². The molecule has 10 nitrogen and oxygen atoms in total. The minimum Gasteiger partial charge on any atom is -0.497 e. The van der Waals surface area contributed by atoms with Crippen LogP contribution in [0.25, 0.3) is 0 Å². The molecule has 1 aliphatic heterocycles. The molecule has 3 aromatic carbocycles. The van der Waals surface area contributed by atoms with E-state index in [-0.39, 0.29) is 43.6 Å². The van der Waals surface area contributed by atoms with Gasteiger partial charge in [0.05, 0.1) is 25.2 Å². The molecule has 0 aliphatic carbocycles. The lowest BCUT2D eigenvalue weighted by molar-refractivity contribution is -0.142. The zero-order valence-electron chi connectivity index (χ0n) is 23.8.